The van der Waals surface area contributed by atoms with Crippen LogP contribution in [0, 0.1) is 5.82 Å². The zero-order chi connectivity index (χ0) is 13.9. The number of hydrogen-bond donors (Lipinski definition) is 2. The second-order valence-electron chi connectivity index (χ2n) is 5.01. The van der Waals surface area contributed by atoms with Gasteiger partial charge in [0, 0.05) is 7.11 Å². The van der Waals surface area contributed by atoms with E-state index < -0.39 is 0 Å². The Labute approximate surface area is 113 Å². The van der Waals surface area contributed by atoms with Gasteiger partial charge in [-0.25, -0.2) is 4.39 Å². The lowest BCUT2D eigenvalue weighted by Gasteiger charge is -2.46. The molecule has 0 bridgehead atoms. The van der Waals surface area contributed by atoms with Gasteiger partial charge >= 0.3 is 0 Å². The van der Waals surface area contributed by atoms with Crippen LogP contribution in [0.5, 0.6) is 5.75 Å². The summed E-state index contributed by atoms with van der Waals surface area (Å²) in [4.78, 5) is 0. The maximum atomic E-state index is 13.7. The molecular formula is C14H21FN2O2. The minimum Gasteiger partial charge on any atom is -0.494 e. The van der Waals surface area contributed by atoms with Crippen LogP contribution in [-0.2, 0) is 11.2 Å². The van der Waals surface area contributed by atoms with Crippen LogP contribution in [0.4, 0.5) is 4.39 Å². The lowest BCUT2D eigenvalue weighted by atomic mass is 9.73. The molecule has 4 nitrogen and oxygen atoms in total. The van der Waals surface area contributed by atoms with E-state index in [0.29, 0.717) is 6.42 Å². The Morgan fingerprint density at radius 1 is 1.42 bits per heavy atom. The van der Waals surface area contributed by atoms with E-state index in [9.17, 15) is 4.39 Å². The van der Waals surface area contributed by atoms with Crippen LogP contribution in [-0.4, -0.2) is 25.9 Å². The van der Waals surface area contributed by atoms with Crippen LogP contribution in [0.25, 0.3) is 0 Å². The zero-order valence-electron chi connectivity index (χ0n) is 11.4. The molecule has 0 radical (unpaired) electrons. The molecule has 1 unspecified atom stereocenters. The lowest BCUT2D eigenvalue weighted by molar-refractivity contribution is -0.0982. The van der Waals surface area contributed by atoms with Gasteiger partial charge in [-0.15, -0.1) is 0 Å². The summed E-state index contributed by atoms with van der Waals surface area (Å²) >= 11 is 0. The van der Waals surface area contributed by atoms with E-state index in [0.717, 1.165) is 24.8 Å². The molecule has 1 saturated carbocycles. The number of benzene rings is 1. The van der Waals surface area contributed by atoms with Gasteiger partial charge in [-0.1, -0.05) is 6.07 Å². The molecule has 2 rings (SSSR count). The second kappa shape index (κ2) is 5.86. The smallest absolute Gasteiger partial charge is 0.165 e. The van der Waals surface area contributed by atoms with E-state index >= 15 is 0 Å². The number of rotatable bonds is 6. The number of hydrazine groups is 1. The van der Waals surface area contributed by atoms with E-state index in [1.54, 1.807) is 13.2 Å². The highest BCUT2D eigenvalue weighted by Gasteiger charge is 2.44. The predicted molar refractivity (Wildman–Crippen MR) is 71.4 cm³/mol. The zero-order valence-corrected chi connectivity index (χ0v) is 11.4. The molecule has 106 valence electrons. The predicted octanol–water partition coefficient (Wildman–Crippen LogP) is 1.78. The molecule has 1 aliphatic rings. The standard InChI is InChI=1S/C14H21FN2O2/c1-18-12-5-4-10(8-11(12)15)9-13(17-16)14(19-2)6-3-7-14/h4-5,8,13,17H,3,6-7,9,16H2,1-2H3. The van der Waals surface area contributed by atoms with Crippen molar-refractivity contribution in [2.24, 2.45) is 5.84 Å². The Kier molecular flexibility index (Phi) is 4.39. The van der Waals surface area contributed by atoms with Gasteiger partial charge < -0.3 is 9.47 Å². The summed E-state index contributed by atoms with van der Waals surface area (Å²) in [6.07, 6.45) is 3.74. The largest absolute Gasteiger partial charge is 0.494 e. The number of nitrogens with one attached hydrogen (secondary N) is 1. The van der Waals surface area contributed by atoms with Crippen LogP contribution in [0.3, 0.4) is 0 Å². The molecule has 0 heterocycles. The summed E-state index contributed by atoms with van der Waals surface area (Å²) in [5.41, 5.74) is 3.48. The van der Waals surface area contributed by atoms with Gasteiger partial charge in [0.2, 0.25) is 0 Å². The molecule has 1 fully saturated rings. The Balaban J connectivity index is 2.12. The molecule has 0 amide bonds. The molecular weight excluding hydrogens is 247 g/mol. The summed E-state index contributed by atoms with van der Waals surface area (Å²) in [6, 6.07) is 4.97. The fourth-order valence-corrected chi connectivity index (χ4v) is 2.69. The molecule has 0 saturated heterocycles. The van der Waals surface area contributed by atoms with Crippen molar-refractivity contribution in [2.45, 2.75) is 37.3 Å². The molecule has 1 aliphatic carbocycles. The highest BCUT2D eigenvalue weighted by atomic mass is 19.1. The van der Waals surface area contributed by atoms with Crippen LogP contribution < -0.4 is 16.0 Å². The minimum absolute atomic E-state index is 0.0148. The van der Waals surface area contributed by atoms with Crippen molar-refractivity contribution in [1.82, 2.24) is 5.43 Å². The van der Waals surface area contributed by atoms with Gasteiger partial charge in [0.25, 0.3) is 0 Å². The highest BCUT2D eigenvalue weighted by Crippen LogP contribution is 2.39. The lowest BCUT2D eigenvalue weighted by Crippen LogP contribution is -2.59. The summed E-state index contributed by atoms with van der Waals surface area (Å²) in [6.45, 7) is 0. The number of ether oxygens (including phenoxy) is 2. The molecule has 5 heteroatoms. The van der Waals surface area contributed by atoms with Gasteiger partial charge in [-0.2, -0.15) is 0 Å². The summed E-state index contributed by atoms with van der Waals surface area (Å²) in [5.74, 6) is 5.54. The SMILES string of the molecule is COc1ccc(CC(NN)C2(OC)CCC2)cc1F. The number of hydrogen-bond acceptors (Lipinski definition) is 4. The first-order valence-electron chi connectivity index (χ1n) is 6.49. The molecule has 0 spiro atoms. The number of halogens is 1. The van der Waals surface area contributed by atoms with Gasteiger partial charge in [-0.3, -0.25) is 11.3 Å². The van der Waals surface area contributed by atoms with Gasteiger partial charge in [-0.05, 0) is 43.4 Å². The molecule has 19 heavy (non-hydrogen) atoms. The average molecular weight is 268 g/mol. The third-order valence-electron chi connectivity index (χ3n) is 4.10. The number of nitrogens with two attached hydrogens (primary N) is 1. The third kappa shape index (κ3) is 2.73. The van der Waals surface area contributed by atoms with E-state index in [-0.39, 0.29) is 23.2 Å². The minimum atomic E-state index is -0.351. The van der Waals surface area contributed by atoms with Crippen LogP contribution >= 0.6 is 0 Å². The average Bonchev–Trinajstić information content (AvgIpc) is 2.37. The molecule has 3 N–H and O–H groups in total. The summed E-state index contributed by atoms with van der Waals surface area (Å²) in [7, 11) is 3.16. The van der Waals surface area contributed by atoms with E-state index in [1.165, 1.54) is 13.2 Å². The van der Waals surface area contributed by atoms with Crippen molar-refractivity contribution in [3.8, 4) is 5.75 Å². The Morgan fingerprint density at radius 2 is 2.16 bits per heavy atom. The van der Waals surface area contributed by atoms with Crippen molar-refractivity contribution in [3.05, 3.63) is 29.6 Å². The molecule has 1 atom stereocenters. The first-order valence-corrected chi connectivity index (χ1v) is 6.49. The van der Waals surface area contributed by atoms with Crippen molar-refractivity contribution in [3.63, 3.8) is 0 Å². The fourth-order valence-electron chi connectivity index (χ4n) is 2.69. The highest BCUT2D eigenvalue weighted by molar-refractivity contribution is 5.30. The van der Waals surface area contributed by atoms with Crippen LogP contribution in [0.2, 0.25) is 0 Å². The van der Waals surface area contributed by atoms with Gasteiger partial charge in [0.1, 0.15) is 0 Å². The normalized spacial score (nSPS) is 18.7. The number of methoxy groups -OCH3 is 2. The summed E-state index contributed by atoms with van der Waals surface area (Å²) < 4.78 is 24.2. The van der Waals surface area contributed by atoms with Crippen LogP contribution in [0.1, 0.15) is 24.8 Å². The summed E-state index contributed by atoms with van der Waals surface area (Å²) in [5, 5.41) is 0. The van der Waals surface area contributed by atoms with Crippen molar-refractivity contribution < 1.29 is 13.9 Å². The molecule has 1 aromatic rings. The maximum Gasteiger partial charge on any atom is 0.165 e. The Hall–Kier alpha value is -1.17. The Morgan fingerprint density at radius 3 is 2.58 bits per heavy atom. The first-order chi connectivity index (χ1) is 9.15. The Bertz CT molecular complexity index is 430. The van der Waals surface area contributed by atoms with Crippen molar-refractivity contribution >= 4 is 0 Å². The topological polar surface area (TPSA) is 56.5 Å². The molecule has 0 aliphatic heterocycles. The maximum absolute atomic E-state index is 13.7. The monoisotopic (exact) mass is 268 g/mol. The molecule has 1 aromatic carbocycles. The quantitative estimate of drug-likeness (QED) is 0.610. The second-order valence-corrected chi connectivity index (χ2v) is 5.01. The van der Waals surface area contributed by atoms with E-state index in [4.69, 9.17) is 15.3 Å². The molecule has 0 aromatic heterocycles. The first kappa shape index (κ1) is 14.2. The van der Waals surface area contributed by atoms with Gasteiger partial charge in [0.15, 0.2) is 11.6 Å². The van der Waals surface area contributed by atoms with E-state index in [1.807, 2.05) is 6.07 Å². The van der Waals surface area contributed by atoms with Crippen LogP contribution in [0.15, 0.2) is 18.2 Å². The van der Waals surface area contributed by atoms with Crippen molar-refractivity contribution in [2.75, 3.05) is 14.2 Å². The van der Waals surface area contributed by atoms with Crippen molar-refractivity contribution in [1.29, 1.82) is 0 Å². The fraction of sp³-hybridized carbons (Fsp3) is 0.571. The van der Waals surface area contributed by atoms with Gasteiger partial charge in [0.05, 0.1) is 18.8 Å². The van der Waals surface area contributed by atoms with E-state index in [2.05, 4.69) is 5.43 Å². The third-order valence-corrected chi connectivity index (χ3v) is 4.10.